The Morgan fingerprint density at radius 2 is 1.89 bits per heavy atom. The van der Waals surface area contributed by atoms with Crippen LogP contribution in [0.3, 0.4) is 0 Å². The van der Waals surface area contributed by atoms with E-state index in [1.807, 2.05) is 0 Å². The van der Waals surface area contributed by atoms with Crippen molar-refractivity contribution in [1.29, 1.82) is 0 Å². The summed E-state index contributed by atoms with van der Waals surface area (Å²) in [6.07, 6.45) is 8.66. The molecule has 0 aromatic heterocycles. The van der Waals surface area contributed by atoms with Gasteiger partial charge >= 0.3 is 0 Å². The number of nitrogens with one attached hydrogen (secondary N) is 1. The van der Waals surface area contributed by atoms with Crippen molar-refractivity contribution in [2.75, 3.05) is 17.3 Å². The van der Waals surface area contributed by atoms with Crippen molar-refractivity contribution in [1.82, 2.24) is 5.32 Å². The fraction of sp³-hybridized carbons (Fsp3) is 0.632. The Balaban J connectivity index is 1.45. The average Bonchev–Trinajstić information content (AvgIpc) is 3.13. The largest absolute Gasteiger partial charge is 0.313 e. The molecule has 1 amide bonds. The summed E-state index contributed by atoms with van der Waals surface area (Å²) in [5, 5.41) is 2.93. The van der Waals surface area contributed by atoms with E-state index in [4.69, 9.17) is 0 Å². The van der Waals surface area contributed by atoms with Crippen LogP contribution >= 0.6 is 11.8 Å². The summed E-state index contributed by atoms with van der Waals surface area (Å²) < 4.78 is 37.6. The quantitative estimate of drug-likeness (QED) is 0.750. The number of allylic oxidation sites excluding steroid dienone is 2. The van der Waals surface area contributed by atoms with Crippen LogP contribution < -0.4 is 5.32 Å². The SMILES string of the molecule is O=C1NC(CSC2CCS(=O)(=O)CC2)=NC2=CC(=NC3CCCC3)C=C(F)C12. The maximum Gasteiger partial charge on any atom is 0.241 e. The first kappa shape index (κ1) is 19.8. The molecular weight excluding hydrogens is 401 g/mol. The van der Waals surface area contributed by atoms with Crippen molar-refractivity contribution >= 4 is 39.1 Å². The summed E-state index contributed by atoms with van der Waals surface area (Å²) in [6, 6.07) is 0.228. The van der Waals surface area contributed by atoms with E-state index in [9.17, 15) is 17.6 Å². The molecule has 152 valence electrons. The lowest BCUT2D eigenvalue weighted by atomic mass is 9.94. The molecule has 0 aromatic carbocycles. The molecule has 0 spiro atoms. The van der Waals surface area contributed by atoms with Crippen LogP contribution in [0.15, 0.2) is 33.7 Å². The Morgan fingerprint density at radius 3 is 2.61 bits per heavy atom. The Labute approximate surface area is 168 Å². The first-order valence-corrected chi connectivity index (χ1v) is 12.6. The van der Waals surface area contributed by atoms with Gasteiger partial charge in [-0.15, -0.1) is 0 Å². The minimum absolute atomic E-state index is 0.216. The van der Waals surface area contributed by atoms with Crippen LogP contribution in [0.4, 0.5) is 4.39 Å². The monoisotopic (exact) mass is 425 g/mol. The smallest absolute Gasteiger partial charge is 0.241 e. The van der Waals surface area contributed by atoms with Crippen molar-refractivity contribution in [3.63, 3.8) is 0 Å². The van der Waals surface area contributed by atoms with Gasteiger partial charge in [-0.25, -0.2) is 17.8 Å². The third kappa shape index (κ3) is 4.56. The molecule has 1 unspecified atom stereocenters. The molecule has 2 fully saturated rings. The number of amidine groups is 1. The molecule has 1 saturated carbocycles. The minimum Gasteiger partial charge on any atom is -0.313 e. The second-order valence-corrected chi connectivity index (χ2v) is 11.3. The molecule has 2 aliphatic carbocycles. The normalized spacial score (nSPS) is 29.8. The van der Waals surface area contributed by atoms with Gasteiger partial charge in [-0.3, -0.25) is 9.79 Å². The van der Waals surface area contributed by atoms with Crippen molar-refractivity contribution < 1.29 is 17.6 Å². The molecule has 0 radical (unpaired) electrons. The zero-order valence-corrected chi connectivity index (χ0v) is 17.2. The zero-order valence-electron chi connectivity index (χ0n) is 15.6. The van der Waals surface area contributed by atoms with Gasteiger partial charge in [0.25, 0.3) is 0 Å². The van der Waals surface area contributed by atoms with Crippen molar-refractivity contribution in [2.24, 2.45) is 15.9 Å². The van der Waals surface area contributed by atoms with Crippen LogP contribution in [0.2, 0.25) is 0 Å². The molecule has 0 aromatic rings. The Kier molecular flexibility index (Phi) is 5.73. The maximum atomic E-state index is 14.5. The predicted octanol–water partition coefficient (Wildman–Crippen LogP) is 2.58. The highest BCUT2D eigenvalue weighted by molar-refractivity contribution is 8.00. The van der Waals surface area contributed by atoms with Crippen molar-refractivity contribution in [2.45, 2.75) is 49.8 Å². The van der Waals surface area contributed by atoms with Crippen LogP contribution in [-0.2, 0) is 14.6 Å². The topological polar surface area (TPSA) is 88.0 Å². The Hall–Kier alpha value is -1.48. The molecule has 2 heterocycles. The first-order valence-electron chi connectivity index (χ1n) is 9.76. The number of thioether (sulfide) groups is 1. The van der Waals surface area contributed by atoms with Crippen molar-refractivity contribution in [3.8, 4) is 0 Å². The van der Waals surface area contributed by atoms with Crippen LogP contribution in [0, 0.1) is 5.92 Å². The number of carbonyl (C=O) groups is 1. The number of rotatable bonds is 4. The second kappa shape index (κ2) is 8.10. The van der Waals surface area contributed by atoms with Crippen molar-refractivity contribution in [3.05, 3.63) is 23.7 Å². The van der Waals surface area contributed by atoms with E-state index in [1.54, 1.807) is 17.8 Å². The standard InChI is InChI=1S/C19H24FN3O3S2/c20-15-9-13(21-12-3-1-2-4-12)10-16-18(15)19(24)23-17(22-16)11-27-14-5-7-28(25,26)8-6-14/h9-10,12,14,18H,1-8,11H2,(H,22,23,24). The lowest BCUT2D eigenvalue weighted by Gasteiger charge is -2.26. The van der Waals surface area contributed by atoms with E-state index in [-0.39, 0.29) is 22.8 Å². The molecule has 0 bridgehead atoms. The maximum absolute atomic E-state index is 14.5. The molecule has 1 saturated heterocycles. The van der Waals surface area contributed by atoms with E-state index in [2.05, 4.69) is 15.3 Å². The number of hydrogen-bond donors (Lipinski definition) is 1. The van der Waals surface area contributed by atoms with Gasteiger partial charge < -0.3 is 5.32 Å². The summed E-state index contributed by atoms with van der Waals surface area (Å²) in [4.78, 5) is 21.5. The number of amides is 1. The molecule has 1 N–H and O–H groups in total. The fourth-order valence-corrected chi connectivity index (χ4v) is 6.90. The van der Waals surface area contributed by atoms with E-state index >= 15 is 0 Å². The first-order chi connectivity index (χ1) is 13.4. The lowest BCUT2D eigenvalue weighted by molar-refractivity contribution is -0.122. The summed E-state index contributed by atoms with van der Waals surface area (Å²) in [7, 11) is -2.89. The molecule has 9 heteroatoms. The summed E-state index contributed by atoms with van der Waals surface area (Å²) in [5.41, 5.74) is 0.959. The molecule has 4 aliphatic rings. The van der Waals surface area contributed by atoms with Gasteiger partial charge in [0.1, 0.15) is 27.4 Å². The second-order valence-electron chi connectivity index (χ2n) is 7.73. The summed E-state index contributed by atoms with van der Waals surface area (Å²) >= 11 is 1.60. The van der Waals surface area contributed by atoms with Gasteiger partial charge in [-0.05, 0) is 37.8 Å². The number of aliphatic imine (C=N–C) groups is 2. The summed E-state index contributed by atoms with van der Waals surface area (Å²) in [5.74, 6) is -0.504. The third-order valence-corrected chi connectivity index (χ3v) is 8.66. The highest BCUT2D eigenvalue weighted by Gasteiger charge is 2.35. The van der Waals surface area contributed by atoms with Crippen LogP contribution in [-0.4, -0.2) is 54.4 Å². The number of carbonyl (C=O) groups excluding carboxylic acids is 1. The zero-order chi connectivity index (χ0) is 19.7. The molecule has 4 rings (SSSR count). The average molecular weight is 426 g/mol. The Morgan fingerprint density at radius 1 is 1.18 bits per heavy atom. The molecule has 6 nitrogen and oxygen atoms in total. The minimum atomic E-state index is -2.89. The molecular formula is C19H24FN3O3S2. The van der Waals surface area contributed by atoms with Gasteiger partial charge in [0.15, 0.2) is 0 Å². The van der Waals surface area contributed by atoms with Gasteiger partial charge in [-0.2, -0.15) is 11.8 Å². The van der Waals surface area contributed by atoms with Crippen LogP contribution in [0.1, 0.15) is 38.5 Å². The number of sulfone groups is 1. The van der Waals surface area contributed by atoms with E-state index in [0.717, 1.165) is 25.7 Å². The van der Waals surface area contributed by atoms with E-state index in [1.165, 1.54) is 6.08 Å². The van der Waals surface area contributed by atoms with Crippen LogP contribution in [0.5, 0.6) is 0 Å². The highest BCUT2D eigenvalue weighted by Crippen LogP contribution is 2.32. The lowest BCUT2D eigenvalue weighted by Crippen LogP contribution is -2.43. The number of nitrogens with zero attached hydrogens (tertiary/aromatic N) is 2. The van der Waals surface area contributed by atoms with E-state index < -0.39 is 27.5 Å². The number of fused-ring (bicyclic) bond motifs is 1. The molecule has 28 heavy (non-hydrogen) atoms. The molecule has 1 atom stereocenters. The number of hydrogen-bond acceptors (Lipinski definition) is 6. The van der Waals surface area contributed by atoms with Gasteiger partial charge in [0, 0.05) is 5.25 Å². The molecule has 2 aliphatic heterocycles. The number of halogens is 1. The van der Waals surface area contributed by atoms with Gasteiger partial charge in [0.2, 0.25) is 5.91 Å². The third-order valence-electron chi connectivity index (χ3n) is 5.56. The van der Waals surface area contributed by atoms with Crippen LogP contribution in [0.25, 0.3) is 0 Å². The van der Waals surface area contributed by atoms with E-state index in [0.29, 0.717) is 35.8 Å². The highest BCUT2D eigenvalue weighted by atomic mass is 32.2. The fourth-order valence-electron chi connectivity index (χ4n) is 4.02. The summed E-state index contributed by atoms with van der Waals surface area (Å²) in [6.45, 7) is 0. The predicted molar refractivity (Wildman–Crippen MR) is 110 cm³/mol. The van der Waals surface area contributed by atoms with Gasteiger partial charge in [0.05, 0.1) is 34.7 Å². The Bertz CT molecular complexity index is 872. The van der Waals surface area contributed by atoms with Gasteiger partial charge in [-0.1, -0.05) is 12.8 Å².